The zero-order chi connectivity index (χ0) is 11.8. The average Bonchev–Trinajstić information content (AvgIpc) is 2.25. The van der Waals surface area contributed by atoms with Gasteiger partial charge in [0.25, 0.3) is 0 Å². The number of aliphatic hydroxyl groups excluding tert-OH is 1. The van der Waals surface area contributed by atoms with Gasteiger partial charge in [-0.15, -0.1) is 0 Å². The smallest absolute Gasteiger partial charge is 0.147 e. The van der Waals surface area contributed by atoms with Crippen LogP contribution in [0.4, 0.5) is 4.39 Å². The molecule has 0 aliphatic heterocycles. The van der Waals surface area contributed by atoms with Gasteiger partial charge in [0, 0.05) is 5.56 Å². The van der Waals surface area contributed by atoms with Gasteiger partial charge in [0.05, 0.1) is 11.1 Å². The Labute approximate surface area is 95.9 Å². The Balaban J connectivity index is 0.000000921. The molecule has 3 heteroatoms. The van der Waals surface area contributed by atoms with E-state index in [4.69, 9.17) is 11.6 Å². The number of aliphatic hydroxyl groups is 1. The van der Waals surface area contributed by atoms with Gasteiger partial charge in [-0.05, 0) is 12.5 Å². The first kappa shape index (κ1) is 14.4. The van der Waals surface area contributed by atoms with Crippen LogP contribution in [0.2, 0.25) is 5.02 Å². The molecule has 0 amide bonds. The van der Waals surface area contributed by atoms with E-state index in [1.54, 1.807) is 12.1 Å². The second-order valence-corrected chi connectivity index (χ2v) is 3.35. The van der Waals surface area contributed by atoms with Crippen LogP contribution >= 0.6 is 11.6 Å². The van der Waals surface area contributed by atoms with Crippen molar-refractivity contribution >= 4 is 11.6 Å². The third-order valence-corrected chi connectivity index (χ3v) is 2.19. The average molecular weight is 233 g/mol. The van der Waals surface area contributed by atoms with Gasteiger partial charge >= 0.3 is 0 Å². The standard InChI is InChI=1S/C10H12ClFO.C2H6/c1-2-4-9(13)7-5-3-6-8(11)10(7)12;1-2/h3,5-6,9,13H,2,4H2,1H3;1-2H3. The summed E-state index contributed by atoms with van der Waals surface area (Å²) in [7, 11) is 0. The first-order chi connectivity index (χ1) is 7.16. The zero-order valence-electron chi connectivity index (χ0n) is 9.43. The molecule has 1 unspecified atom stereocenters. The van der Waals surface area contributed by atoms with Gasteiger partial charge in [0.1, 0.15) is 5.82 Å². The summed E-state index contributed by atoms with van der Waals surface area (Å²) in [4.78, 5) is 0. The molecule has 0 aliphatic rings. The maximum absolute atomic E-state index is 13.3. The maximum atomic E-state index is 13.3. The molecule has 0 saturated carbocycles. The summed E-state index contributed by atoms with van der Waals surface area (Å²) < 4.78 is 13.3. The topological polar surface area (TPSA) is 20.2 Å². The molecule has 0 saturated heterocycles. The number of halogens is 2. The highest BCUT2D eigenvalue weighted by Crippen LogP contribution is 2.25. The second-order valence-electron chi connectivity index (χ2n) is 2.95. The summed E-state index contributed by atoms with van der Waals surface area (Å²) >= 11 is 5.57. The fraction of sp³-hybridized carbons (Fsp3) is 0.500. The molecule has 0 heterocycles. The highest BCUT2D eigenvalue weighted by atomic mass is 35.5. The summed E-state index contributed by atoms with van der Waals surface area (Å²) in [6.07, 6.45) is 0.619. The van der Waals surface area contributed by atoms with Crippen molar-refractivity contribution in [3.8, 4) is 0 Å². The Bertz CT molecular complexity index is 289. The van der Waals surface area contributed by atoms with Gasteiger partial charge in [0.15, 0.2) is 0 Å². The highest BCUT2D eigenvalue weighted by molar-refractivity contribution is 6.30. The summed E-state index contributed by atoms with van der Waals surface area (Å²) in [5, 5.41) is 9.59. The molecule has 0 aliphatic carbocycles. The van der Waals surface area contributed by atoms with Crippen LogP contribution in [0, 0.1) is 5.82 Å². The van der Waals surface area contributed by atoms with Gasteiger partial charge < -0.3 is 5.11 Å². The molecule has 0 radical (unpaired) electrons. The first-order valence-electron chi connectivity index (χ1n) is 5.28. The molecule has 0 bridgehead atoms. The number of benzene rings is 1. The molecule has 0 fully saturated rings. The minimum atomic E-state index is -0.747. The fourth-order valence-corrected chi connectivity index (χ4v) is 1.39. The van der Waals surface area contributed by atoms with Crippen LogP contribution < -0.4 is 0 Å². The fourth-order valence-electron chi connectivity index (χ4n) is 1.21. The summed E-state index contributed by atoms with van der Waals surface area (Å²) in [6.45, 7) is 5.94. The number of hydrogen-bond acceptors (Lipinski definition) is 1. The van der Waals surface area contributed by atoms with Crippen molar-refractivity contribution in [2.75, 3.05) is 0 Å². The minimum absolute atomic E-state index is 0.0626. The lowest BCUT2D eigenvalue weighted by atomic mass is 10.1. The van der Waals surface area contributed by atoms with Gasteiger partial charge in [-0.3, -0.25) is 0 Å². The van der Waals surface area contributed by atoms with Gasteiger partial charge in [-0.25, -0.2) is 4.39 Å². The Morgan fingerprint density at radius 3 is 2.53 bits per heavy atom. The quantitative estimate of drug-likeness (QED) is 0.822. The van der Waals surface area contributed by atoms with Crippen molar-refractivity contribution in [2.45, 2.75) is 39.7 Å². The van der Waals surface area contributed by atoms with E-state index in [-0.39, 0.29) is 10.6 Å². The van der Waals surface area contributed by atoms with Gasteiger partial charge in [0.2, 0.25) is 0 Å². The number of rotatable bonds is 3. The summed E-state index contributed by atoms with van der Waals surface area (Å²) in [6, 6.07) is 4.67. The van der Waals surface area contributed by atoms with E-state index in [9.17, 15) is 9.50 Å². The van der Waals surface area contributed by atoms with Crippen molar-refractivity contribution in [1.29, 1.82) is 0 Å². The van der Waals surface area contributed by atoms with Gasteiger partial charge in [-0.2, -0.15) is 0 Å². The normalized spacial score (nSPS) is 11.6. The number of hydrogen-bond donors (Lipinski definition) is 1. The van der Waals surface area contributed by atoms with Crippen LogP contribution in [0.25, 0.3) is 0 Å². The minimum Gasteiger partial charge on any atom is -0.388 e. The Hall–Kier alpha value is -0.600. The molecule has 1 nitrogen and oxygen atoms in total. The largest absolute Gasteiger partial charge is 0.388 e. The molecule has 0 spiro atoms. The van der Waals surface area contributed by atoms with Crippen molar-refractivity contribution < 1.29 is 9.50 Å². The lowest BCUT2D eigenvalue weighted by Gasteiger charge is -2.10. The van der Waals surface area contributed by atoms with Crippen molar-refractivity contribution in [1.82, 2.24) is 0 Å². The Morgan fingerprint density at radius 1 is 1.40 bits per heavy atom. The Morgan fingerprint density at radius 2 is 2.00 bits per heavy atom. The van der Waals surface area contributed by atoms with E-state index < -0.39 is 11.9 Å². The van der Waals surface area contributed by atoms with Crippen molar-refractivity contribution in [3.05, 3.63) is 34.6 Å². The monoisotopic (exact) mass is 232 g/mol. The van der Waals surface area contributed by atoms with E-state index in [1.165, 1.54) is 6.07 Å². The van der Waals surface area contributed by atoms with E-state index in [0.717, 1.165) is 6.42 Å². The van der Waals surface area contributed by atoms with Gasteiger partial charge in [-0.1, -0.05) is 50.9 Å². The molecule has 1 atom stereocenters. The zero-order valence-corrected chi connectivity index (χ0v) is 10.2. The predicted octanol–water partition coefficient (Wildman–Crippen LogP) is 4.34. The van der Waals surface area contributed by atoms with Crippen LogP contribution in [0.1, 0.15) is 45.3 Å². The highest BCUT2D eigenvalue weighted by Gasteiger charge is 2.13. The lowest BCUT2D eigenvalue weighted by Crippen LogP contribution is -2.00. The molecular weight excluding hydrogens is 215 g/mol. The third-order valence-electron chi connectivity index (χ3n) is 1.90. The predicted molar refractivity (Wildman–Crippen MR) is 62.6 cm³/mol. The van der Waals surface area contributed by atoms with Crippen LogP contribution in [0.3, 0.4) is 0 Å². The molecule has 86 valence electrons. The van der Waals surface area contributed by atoms with E-state index in [2.05, 4.69) is 0 Å². The summed E-state index contributed by atoms with van der Waals surface area (Å²) in [5.74, 6) is -0.509. The van der Waals surface area contributed by atoms with Crippen LogP contribution in [0.5, 0.6) is 0 Å². The van der Waals surface area contributed by atoms with E-state index in [0.29, 0.717) is 6.42 Å². The molecule has 1 rings (SSSR count). The maximum Gasteiger partial charge on any atom is 0.147 e. The molecule has 1 N–H and O–H groups in total. The molecule has 15 heavy (non-hydrogen) atoms. The third kappa shape index (κ3) is 4.18. The molecule has 1 aromatic rings. The van der Waals surface area contributed by atoms with Crippen LogP contribution in [-0.2, 0) is 0 Å². The lowest BCUT2D eigenvalue weighted by molar-refractivity contribution is 0.162. The molecule has 1 aromatic carbocycles. The van der Waals surface area contributed by atoms with E-state index in [1.807, 2.05) is 20.8 Å². The molecule has 0 aromatic heterocycles. The SMILES string of the molecule is CC.CCCC(O)c1cccc(Cl)c1F. The second kappa shape index (κ2) is 7.66. The van der Waals surface area contributed by atoms with E-state index >= 15 is 0 Å². The molecular formula is C12H18ClFO. The van der Waals surface area contributed by atoms with Crippen LogP contribution in [0.15, 0.2) is 18.2 Å². The Kier molecular flexibility index (Phi) is 7.35. The van der Waals surface area contributed by atoms with Crippen molar-refractivity contribution in [3.63, 3.8) is 0 Å². The van der Waals surface area contributed by atoms with Crippen LogP contribution in [-0.4, -0.2) is 5.11 Å². The summed E-state index contributed by atoms with van der Waals surface area (Å²) in [5.41, 5.74) is 0.286. The van der Waals surface area contributed by atoms with Crippen molar-refractivity contribution in [2.24, 2.45) is 0 Å². The first-order valence-corrected chi connectivity index (χ1v) is 5.66.